The number of hydrogen-bond acceptors (Lipinski definition) is 4. The largest absolute Gasteiger partial charge is 0.465 e. The van der Waals surface area contributed by atoms with Gasteiger partial charge in [0.1, 0.15) is 12.0 Å². The van der Waals surface area contributed by atoms with Crippen molar-refractivity contribution in [3.8, 4) is 0 Å². The molecule has 0 bridgehead atoms. The molecule has 1 atom stereocenters. The molecule has 0 aromatic carbocycles. The van der Waals surface area contributed by atoms with Crippen LogP contribution in [-0.2, 0) is 6.42 Å². The highest BCUT2D eigenvalue weighted by Gasteiger charge is 2.27. The van der Waals surface area contributed by atoms with Gasteiger partial charge in [0.25, 0.3) is 0 Å². The standard InChI is InChI=1S/C13H17N5O2/c1-8-5-15-12-11(8)10(16-7-17-12)4-9-6-14-2-3-18(9)13(19)20/h5,7,9,14H,2-4,6H2,1H3,(H,19,20)(H,15,16,17)/t9-/m0/s1. The van der Waals surface area contributed by atoms with Gasteiger partial charge in [0.05, 0.1) is 11.7 Å². The molecule has 1 amide bonds. The van der Waals surface area contributed by atoms with Crippen molar-refractivity contribution in [2.45, 2.75) is 19.4 Å². The molecule has 1 fully saturated rings. The molecule has 0 radical (unpaired) electrons. The lowest BCUT2D eigenvalue weighted by Crippen LogP contribution is -2.54. The number of piperazine rings is 1. The summed E-state index contributed by atoms with van der Waals surface area (Å²) in [7, 11) is 0. The van der Waals surface area contributed by atoms with Crippen LogP contribution in [0.1, 0.15) is 11.3 Å². The Morgan fingerprint density at radius 2 is 2.40 bits per heavy atom. The Hall–Kier alpha value is -2.15. The van der Waals surface area contributed by atoms with E-state index in [0.717, 1.165) is 22.3 Å². The topological polar surface area (TPSA) is 94.1 Å². The summed E-state index contributed by atoms with van der Waals surface area (Å²) in [6.07, 6.45) is 3.15. The summed E-state index contributed by atoms with van der Waals surface area (Å²) in [5, 5.41) is 13.5. The SMILES string of the molecule is Cc1c[nH]c2ncnc(C[C@H]3CNCCN3C(=O)O)c12. The number of aryl methyl sites for hydroxylation is 1. The quantitative estimate of drug-likeness (QED) is 0.752. The van der Waals surface area contributed by atoms with Gasteiger partial charge >= 0.3 is 6.09 Å². The highest BCUT2D eigenvalue weighted by molar-refractivity contribution is 5.81. The van der Waals surface area contributed by atoms with Gasteiger partial charge in [-0.1, -0.05) is 0 Å². The molecule has 0 aliphatic carbocycles. The summed E-state index contributed by atoms with van der Waals surface area (Å²) in [6, 6.07) is -0.0892. The van der Waals surface area contributed by atoms with Crippen LogP contribution < -0.4 is 5.32 Å². The Morgan fingerprint density at radius 1 is 1.55 bits per heavy atom. The smallest absolute Gasteiger partial charge is 0.407 e. The van der Waals surface area contributed by atoms with Crippen molar-refractivity contribution in [2.24, 2.45) is 0 Å². The van der Waals surface area contributed by atoms with E-state index in [-0.39, 0.29) is 6.04 Å². The molecule has 7 nitrogen and oxygen atoms in total. The maximum absolute atomic E-state index is 11.3. The van der Waals surface area contributed by atoms with E-state index in [4.69, 9.17) is 0 Å². The minimum absolute atomic E-state index is 0.0892. The van der Waals surface area contributed by atoms with Crippen LogP contribution >= 0.6 is 0 Å². The fraction of sp³-hybridized carbons (Fsp3) is 0.462. The van der Waals surface area contributed by atoms with Crippen molar-refractivity contribution >= 4 is 17.1 Å². The molecule has 3 rings (SSSR count). The van der Waals surface area contributed by atoms with Crippen LogP contribution in [0.15, 0.2) is 12.5 Å². The Kier molecular flexibility index (Phi) is 3.27. The van der Waals surface area contributed by atoms with Crippen LogP contribution in [0, 0.1) is 6.92 Å². The van der Waals surface area contributed by atoms with Gasteiger partial charge in [0.2, 0.25) is 0 Å². The first-order valence-electron chi connectivity index (χ1n) is 6.64. The molecule has 20 heavy (non-hydrogen) atoms. The van der Waals surface area contributed by atoms with Crippen LogP contribution in [0.4, 0.5) is 4.79 Å². The van der Waals surface area contributed by atoms with E-state index in [1.54, 1.807) is 0 Å². The number of aromatic nitrogens is 3. The van der Waals surface area contributed by atoms with E-state index in [1.165, 1.54) is 11.2 Å². The summed E-state index contributed by atoms with van der Waals surface area (Å²) in [4.78, 5) is 24.4. The third-order valence-electron chi connectivity index (χ3n) is 3.77. The Bertz CT molecular complexity index is 639. The van der Waals surface area contributed by atoms with Crippen LogP contribution in [0.2, 0.25) is 0 Å². The fourth-order valence-corrected chi connectivity index (χ4v) is 2.77. The van der Waals surface area contributed by atoms with Gasteiger partial charge in [-0.3, -0.25) is 0 Å². The number of fused-ring (bicyclic) bond motifs is 1. The first-order valence-corrected chi connectivity index (χ1v) is 6.64. The van der Waals surface area contributed by atoms with Gasteiger partial charge in [-0.05, 0) is 12.5 Å². The minimum atomic E-state index is -0.868. The second-order valence-electron chi connectivity index (χ2n) is 5.05. The number of carboxylic acid groups (broad SMARTS) is 1. The third-order valence-corrected chi connectivity index (χ3v) is 3.77. The Morgan fingerprint density at radius 3 is 3.20 bits per heavy atom. The van der Waals surface area contributed by atoms with Crippen molar-refractivity contribution in [2.75, 3.05) is 19.6 Å². The lowest BCUT2D eigenvalue weighted by Gasteiger charge is -2.34. The van der Waals surface area contributed by atoms with E-state index < -0.39 is 6.09 Å². The van der Waals surface area contributed by atoms with Crippen LogP contribution in [0.5, 0.6) is 0 Å². The van der Waals surface area contributed by atoms with Crippen LogP contribution in [0.25, 0.3) is 11.0 Å². The fourth-order valence-electron chi connectivity index (χ4n) is 2.77. The van der Waals surface area contributed by atoms with Gasteiger partial charge in [0, 0.05) is 37.6 Å². The molecule has 1 saturated heterocycles. The zero-order valence-corrected chi connectivity index (χ0v) is 11.3. The van der Waals surface area contributed by atoms with Gasteiger partial charge < -0.3 is 20.3 Å². The normalized spacial score (nSPS) is 19.4. The summed E-state index contributed by atoms with van der Waals surface area (Å²) in [5.74, 6) is 0. The number of amides is 1. The summed E-state index contributed by atoms with van der Waals surface area (Å²) < 4.78 is 0. The van der Waals surface area contributed by atoms with Gasteiger partial charge in [-0.2, -0.15) is 0 Å². The van der Waals surface area contributed by atoms with Crippen LogP contribution in [0.3, 0.4) is 0 Å². The van der Waals surface area contributed by atoms with E-state index in [1.807, 2.05) is 13.1 Å². The maximum atomic E-state index is 11.3. The lowest BCUT2D eigenvalue weighted by atomic mass is 10.0. The average Bonchev–Trinajstić information content (AvgIpc) is 2.82. The predicted molar refractivity (Wildman–Crippen MR) is 73.7 cm³/mol. The number of H-pyrrole nitrogens is 1. The van der Waals surface area contributed by atoms with Crippen LogP contribution in [-0.4, -0.2) is 56.7 Å². The molecule has 2 aromatic rings. The molecule has 106 valence electrons. The van der Waals surface area contributed by atoms with Gasteiger partial charge in [-0.25, -0.2) is 14.8 Å². The molecule has 0 saturated carbocycles. The van der Waals surface area contributed by atoms with Crippen molar-refractivity contribution in [3.63, 3.8) is 0 Å². The number of carbonyl (C=O) groups is 1. The van der Waals surface area contributed by atoms with E-state index in [2.05, 4.69) is 20.3 Å². The van der Waals surface area contributed by atoms with Crippen molar-refractivity contribution in [1.82, 2.24) is 25.2 Å². The van der Waals surface area contributed by atoms with Crippen molar-refractivity contribution < 1.29 is 9.90 Å². The Balaban J connectivity index is 1.92. The number of hydrogen-bond donors (Lipinski definition) is 3. The molecule has 7 heteroatoms. The molecule has 2 aromatic heterocycles. The number of nitrogens with one attached hydrogen (secondary N) is 2. The molecular formula is C13H17N5O2. The molecule has 1 aliphatic rings. The molecule has 0 spiro atoms. The minimum Gasteiger partial charge on any atom is -0.465 e. The second kappa shape index (κ2) is 5.09. The average molecular weight is 275 g/mol. The first-order chi connectivity index (χ1) is 9.66. The van der Waals surface area contributed by atoms with Crippen molar-refractivity contribution in [3.05, 3.63) is 23.8 Å². The van der Waals surface area contributed by atoms with Crippen molar-refractivity contribution in [1.29, 1.82) is 0 Å². The molecule has 3 heterocycles. The lowest BCUT2D eigenvalue weighted by molar-refractivity contribution is 0.112. The van der Waals surface area contributed by atoms with E-state index in [0.29, 0.717) is 26.1 Å². The first kappa shape index (κ1) is 12.9. The maximum Gasteiger partial charge on any atom is 0.407 e. The second-order valence-corrected chi connectivity index (χ2v) is 5.05. The third kappa shape index (κ3) is 2.20. The highest BCUT2D eigenvalue weighted by atomic mass is 16.4. The predicted octanol–water partition coefficient (Wildman–Crippen LogP) is 0.761. The number of nitrogens with zero attached hydrogens (tertiary/aromatic N) is 3. The number of aromatic amines is 1. The monoisotopic (exact) mass is 275 g/mol. The zero-order valence-electron chi connectivity index (χ0n) is 11.3. The van der Waals surface area contributed by atoms with E-state index >= 15 is 0 Å². The summed E-state index contributed by atoms with van der Waals surface area (Å²) in [5.41, 5.74) is 2.79. The zero-order chi connectivity index (χ0) is 14.1. The molecule has 1 aliphatic heterocycles. The van der Waals surface area contributed by atoms with E-state index in [9.17, 15) is 9.90 Å². The highest BCUT2D eigenvalue weighted by Crippen LogP contribution is 2.21. The van der Waals surface area contributed by atoms with Gasteiger partial charge in [-0.15, -0.1) is 0 Å². The summed E-state index contributed by atoms with van der Waals surface area (Å²) >= 11 is 0. The molecule has 0 unspecified atom stereocenters. The van der Waals surface area contributed by atoms with Gasteiger partial charge in [0.15, 0.2) is 0 Å². The summed E-state index contributed by atoms with van der Waals surface area (Å²) in [6.45, 7) is 3.87. The molecular weight excluding hydrogens is 258 g/mol. The Labute approximate surface area is 116 Å². The number of rotatable bonds is 2. The molecule has 3 N–H and O–H groups in total.